The second-order valence-corrected chi connectivity index (χ2v) is 7.08. The van der Waals surface area contributed by atoms with E-state index in [1.165, 1.54) is 25.7 Å². The van der Waals surface area contributed by atoms with E-state index in [1.807, 2.05) is 18.2 Å². The molecule has 1 fully saturated rings. The fourth-order valence-electron chi connectivity index (χ4n) is 3.14. The van der Waals surface area contributed by atoms with Gasteiger partial charge in [0.05, 0.1) is 6.61 Å². The lowest BCUT2D eigenvalue weighted by Crippen LogP contribution is -2.37. The summed E-state index contributed by atoms with van der Waals surface area (Å²) in [6.45, 7) is 1.87. The SMILES string of the molecule is NC(CCN(CCO)C1CCCC1)c1ccc(Br)cc1Cl. The Balaban J connectivity index is 1.92. The van der Waals surface area contributed by atoms with Gasteiger partial charge in [0.15, 0.2) is 0 Å². The van der Waals surface area contributed by atoms with Gasteiger partial charge in [0, 0.05) is 34.7 Å². The maximum atomic E-state index is 9.25. The molecule has 1 atom stereocenters. The Kier molecular flexibility index (Phi) is 6.96. The number of aliphatic hydroxyl groups excluding tert-OH is 1. The molecule has 1 saturated carbocycles. The molecular weight excluding hydrogens is 352 g/mol. The predicted molar refractivity (Wildman–Crippen MR) is 91.6 cm³/mol. The van der Waals surface area contributed by atoms with Crippen molar-refractivity contribution in [3.63, 3.8) is 0 Å². The van der Waals surface area contributed by atoms with Crippen LogP contribution >= 0.6 is 27.5 Å². The third-order valence-corrected chi connectivity index (χ3v) is 5.14. The number of nitrogens with zero attached hydrogens (tertiary/aromatic N) is 1. The van der Waals surface area contributed by atoms with Gasteiger partial charge in [0.25, 0.3) is 0 Å². The van der Waals surface area contributed by atoms with Crippen molar-refractivity contribution in [2.75, 3.05) is 19.7 Å². The molecule has 1 aromatic rings. The van der Waals surface area contributed by atoms with Crippen LogP contribution in [0.2, 0.25) is 5.02 Å². The van der Waals surface area contributed by atoms with Gasteiger partial charge in [-0.2, -0.15) is 0 Å². The fraction of sp³-hybridized carbons (Fsp3) is 0.625. The molecule has 1 aliphatic carbocycles. The number of nitrogens with two attached hydrogens (primary N) is 1. The Morgan fingerprint density at radius 2 is 2.05 bits per heavy atom. The first-order chi connectivity index (χ1) is 10.1. The van der Waals surface area contributed by atoms with Crippen LogP contribution in [0.3, 0.4) is 0 Å². The topological polar surface area (TPSA) is 49.5 Å². The van der Waals surface area contributed by atoms with Gasteiger partial charge in [-0.1, -0.05) is 46.4 Å². The second kappa shape index (κ2) is 8.49. The van der Waals surface area contributed by atoms with Gasteiger partial charge >= 0.3 is 0 Å². The van der Waals surface area contributed by atoms with E-state index in [-0.39, 0.29) is 12.6 Å². The fourth-order valence-corrected chi connectivity index (χ4v) is 3.95. The highest BCUT2D eigenvalue weighted by Crippen LogP contribution is 2.28. The molecule has 0 saturated heterocycles. The van der Waals surface area contributed by atoms with E-state index in [0.717, 1.165) is 29.5 Å². The Labute approximate surface area is 140 Å². The molecule has 2 rings (SSSR count). The van der Waals surface area contributed by atoms with Crippen LogP contribution in [0.25, 0.3) is 0 Å². The smallest absolute Gasteiger partial charge is 0.0558 e. The third kappa shape index (κ3) is 4.93. The van der Waals surface area contributed by atoms with E-state index >= 15 is 0 Å². The summed E-state index contributed by atoms with van der Waals surface area (Å²) < 4.78 is 0.969. The summed E-state index contributed by atoms with van der Waals surface area (Å²) in [5.74, 6) is 0. The highest BCUT2D eigenvalue weighted by atomic mass is 79.9. The summed E-state index contributed by atoms with van der Waals surface area (Å²) >= 11 is 9.68. The van der Waals surface area contributed by atoms with E-state index in [9.17, 15) is 5.11 Å². The second-order valence-electron chi connectivity index (χ2n) is 5.76. The van der Waals surface area contributed by atoms with Gasteiger partial charge < -0.3 is 10.8 Å². The summed E-state index contributed by atoms with van der Waals surface area (Å²) in [5.41, 5.74) is 7.30. The Morgan fingerprint density at radius 1 is 1.33 bits per heavy atom. The molecule has 1 aromatic carbocycles. The molecule has 3 N–H and O–H groups in total. The molecule has 0 radical (unpaired) electrons. The number of hydrogen-bond donors (Lipinski definition) is 2. The van der Waals surface area contributed by atoms with Crippen LogP contribution in [0.15, 0.2) is 22.7 Å². The van der Waals surface area contributed by atoms with E-state index in [0.29, 0.717) is 11.1 Å². The molecule has 0 spiro atoms. The normalized spacial score (nSPS) is 17.6. The molecule has 0 aromatic heterocycles. The number of aliphatic hydroxyl groups is 1. The van der Waals surface area contributed by atoms with Gasteiger partial charge in [0.1, 0.15) is 0 Å². The lowest BCUT2D eigenvalue weighted by molar-refractivity contribution is 0.147. The van der Waals surface area contributed by atoms with Crippen LogP contribution in [0.4, 0.5) is 0 Å². The van der Waals surface area contributed by atoms with Crippen molar-refractivity contribution >= 4 is 27.5 Å². The zero-order valence-corrected chi connectivity index (χ0v) is 14.6. The molecule has 3 nitrogen and oxygen atoms in total. The van der Waals surface area contributed by atoms with Crippen LogP contribution in [0.5, 0.6) is 0 Å². The van der Waals surface area contributed by atoms with Gasteiger partial charge in [-0.15, -0.1) is 0 Å². The molecule has 1 unspecified atom stereocenters. The predicted octanol–water partition coefficient (Wildman–Crippen LogP) is 3.73. The molecule has 21 heavy (non-hydrogen) atoms. The van der Waals surface area contributed by atoms with Crippen LogP contribution in [-0.4, -0.2) is 35.7 Å². The molecule has 118 valence electrons. The zero-order valence-electron chi connectivity index (χ0n) is 12.3. The first-order valence-corrected chi connectivity index (χ1v) is 8.84. The lowest BCUT2D eigenvalue weighted by Gasteiger charge is -2.29. The van der Waals surface area contributed by atoms with Gasteiger partial charge in [-0.3, -0.25) is 4.90 Å². The van der Waals surface area contributed by atoms with Gasteiger partial charge in [0.2, 0.25) is 0 Å². The van der Waals surface area contributed by atoms with Crippen molar-refractivity contribution in [3.8, 4) is 0 Å². The molecule has 0 aliphatic heterocycles. The average molecular weight is 376 g/mol. The van der Waals surface area contributed by atoms with Gasteiger partial charge in [-0.05, 0) is 37.0 Å². The van der Waals surface area contributed by atoms with Crippen LogP contribution < -0.4 is 5.73 Å². The summed E-state index contributed by atoms with van der Waals surface area (Å²) in [7, 11) is 0. The monoisotopic (exact) mass is 374 g/mol. The summed E-state index contributed by atoms with van der Waals surface area (Å²) in [5, 5.41) is 9.97. The highest BCUT2D eigenvalue weighted by Gasteiger charge is 2.22. The molecule has 1 aliphatic rings. The standard InChI is InChI=1S/C16H24BrClN2O/c17-12-5-6-14(15(18)11-12)16(19)7-8-20(9-10-21)13-3-1-2-4-13/h5-6,11,13,16,21H,1-4,7-10,19H2. The number of hydrogen-bond acceptors (Lipinski definition) is 3. The summed E-state index contributed by atoms with van der Waals surface area (Å²) in [6.07, 6.45) is 5.95. The van der Waals surface area contributed by atoms with Crippen molar-refractivity contribution in [1.82, 2.24) is 4.90 Å². The molecule has 0 heterocycles. The molecule has 0 amide bonds. The highest BCUT2D eigenvalue weighted by molar-refractivity contribution is 9.10. The minimum atomic E-state index is -0.0619. The lowest BCUT2D eigenvalue weighted by atomic mass is 10.0. The summed E-state index contributed by atoms with van der Waals surface area (Å²) in [4.78, 5) is 2.39. The van der Waals surface area contributed by atoms with Crippen LogP contribution in [-0.2, 0) is 0 Å². The van der Waals surface area contributed by atoms with Crippen molar-refractivity contribution in [2.45, 2.75) is 44.2 Å². The average Bonchev–Trinajstić information content (AvgIpc) is 2.97. The summed E-state index contributed by atoms with van der Waals surface area (Å²) in [6, 6.07) is 6.41. The van der Waals surface area contributed by atoms with Crippen molar-refractivity contribution in [2.24, 2.45) is 5.73 Å². The third-order valence-electron chi connectivity index (χ3n) is 4.32. The van der Waals surface area contributed by atoms with Crippen molar-refractivity contribution in [1.29, 1.82) is 0 Å². The molecule has 5 heteroatoms. The quantitative estimate of drug-likeness (QED) is 0.763. The minimum absolute atomic E-state index is 0.0619. The molecular formula is C16H24BrClN2O. The van der Waals surface area contributed by atoms with Crippen molar-refractivity contribution < 1.29 is 5.11 Å². The van der Waals surface area contributed by atoms with Crippen molar-refractivity contribution in [3.05, 3.63) is 33.3 Å². The van der Waals surface area contributed by atoms with E-state index in [2.05, 4.69) is 20.8 Å². The first kappa shape index (κ1) is 17.2. The first-order valence-electron chi connectivity index (χ1n) is 7.67. The number of benzene rings is 1. The zero-order chi connectivity index (χ0) is 15.2. The van der Waals surface area contributed by atoms with E-state index in [4.69, 9.17) is 17.3 Å². The number of halogens is 2. The van der Waals surface area contributed by atoms with Crippen LogP contribution in [0, 0.1) is 0 Å². The van der Waals surface area contributed by atoms with E-state index < -0.39 is 0 Å². The number of rotatable bonds is 7. The van der Waals surface area contributed by atoms with Gasteiger partial charge in [-0.25, -0.2) is 0 Å². The maximum Gasteiger partial charge on any atom is 0.0558 e. The Bertz CT molecular complexity index is 452. The minimum Gasteiger partial charge on any atom is -0.395 e. The maximum absolute atomic E-state index is 9.25. The Hall–Kier alpha value is -0.130. The largest absolute Gasteiger partial charge is 0.395 e. The van der Waals surface area contributed by atoms with Crippen LogP contribution in [0.1, 0.15) is 43.7 Å². The molecule has 0 bridgehead atoms. The Morgan fingerprint density at radius 3 is 2.67 bits per heavy atom. The van der Waals surface area contributed by atoms with E-state index in [1.54, 1.807) is 0 Å².